The molecule has 0 N–H and O–H groups in total. The highest BCUT2D eigenvalue weighted by Crippen LogP contribution is 2.28. The van der Waals surface area contributed by atoms with Gasteiger partial charge in [-0.25, -0.2) is 0 Å². The number of unbranched alkanes of at least 4 members (excludes halogenated alkanes) is 8. The van der Waals surface area contributed by atoms with Crippen molar-refractivity contribution >= 4 is 5.69 Å². The first-order valence-corrected chi connectivity index (χ1v) is 10.6. The maximum Gasteiger partial charge on any atom is 0.105 e. The third-order valence-corrected chi connectivity index (χ3v) is 5.26. The standard InChI is InChI=1S/C23H38N2/c1-3-5-7-9-10-14-18-23-24(19-15-8-6-4-2)20-21-25(23)22-16-12-11-13-17-22/h11-13,16-17,20-21,23H,3-10,14-15,18-19H2,1-2H3. The van der Waals surface area contributed by atoms with Gasteiger partial charge >= 0.3 is 0 Å². The molecule has 0 fully saturated rings. The number of anilines is 1. The first-order chi connectivity index (χ1) is 12.4. The summed E-state index contributed by atoms with van der Waals surface area (Å²) in [5, 5.41) is 0. The van der Waals surface area contributed by atoms with E-state index in [2.05, 4.69) is 66.4 Å². The number of nitrogens with zero attached hydrogens (tertiary/aromatic N) is 2. The van der Waals surface area contributed by atoms with Gasteiger partial charge in [-0.3, -0.25) is 0 Å². The highest BCUT2D eigenvalue weighted by Gasteiger charge is 2.26. The van der Waals surface area contributed by atoms with Crippen molar-refractivity contribution < 1.29 is 0 Å². The van der Waals surface area contributed by atoms with E-state index >= 15 is 0 Å². The second-order valence-electron chi connectivity index (χ2n) is 7.38. The van der Waals surface area contributed by atoms with E-state index in [1.807, 2.05) is 0 Å². The van der Waals surface area contributed by atoms with E-state index < -0.39 is 0 Å². The number of hydrogen-bond donors (Lipinski definition) is 0. The molecule has 1 atom stereocenters. The minimum absolute atomic E-state index is 0.509. The lowest BCUT2D eigenvalue weighted by molar-refractivity contribution is 0.273. The van der Waals surface area contributed by atoms with E-state index in [0.29, 0.717) is 6.17 Å². The summed E-state index contributed by atoms with van der Waals surface area (Å²) in [6, 6.07) is 10.9. The molecule has 1 aromatic rings. The Morgan fingerprint density at radius 3 is 2.08 bits per heavy atom. The predicted molar refractivity (Wildman–Crippen MR) is 111 cm³/mol. The van der Waals surface area contributed by atoms with Gasteiger partial charge in [-0.05, 0) is 31.4 Å². The summed E-state index contributed by atoms with van der Waals surface area (Å²) in [4.78, 5) is 5.06. The van der Waals surface area contributed by atoms with Crippen LogP contribution in [0.25, 0.3) is 0 Å². The normalized spacial score (nSPS) is 16.8. The summed E-state index contributed by atoms with van der Waals surface area (Å²) < 4.78 is 0. The number of para-hydroxylation sites is 1. The van der Waals surface area contributed by atoms with Gasteiger partial charge in [0.15, 0.2) is 0 Å². The fraction of sp³-hybridized carbons (Fsp3) is 0.652. The first-order valence-electron chi connectivity index (χ1n) is 10.6. The monoisotopic (exact) mass is 342 g/mol. The van der Waals surface area contributed by atoms with Gasteiger partial charge in [-0.1, -0.05) is 83.4 Å². The molecule has 140 valence electrons. The molecule has 1 heterocycles. The van der Waals surface area contributed by atoms with Crippen molar-refractivity contribution in [2.45, 2.75) is 90.6 Å². The second-order valence-corrected chi connectivity index (χ2v) is 7.38. The molecule has 0 aromatic heterocycles. The van der Waals surface area contributed by atoms with Crippen molar-refractivity contribution in [2.24, 2.45) is 0 Å². The zero-order valence-corrected chi connectivity index (χ0v) is 16.5. The number of benzene rings is 1. The molecular formula is C23H38N2. The molecule has 0 aliphatic carbocycles. The van der Waals surface area contributed by atoms with Crippen LogP contribution < -0.4 is 4.90 Å². The summed E-state index contributed by atoms with van der Waals surface area (Å²) in [7, 11) is 0. The third-order valence-electron chi connectivity index (χ3n) is 5.26. The van der Waals surface area contributed by atoms with Crippen LogP contribution in [0.15, 0.2) is 42.7 Å². The van der Waals surface area contributed by atoms with Crippen molar-refractivity contribution in [1.29, 1.82) is 0 Å². The van der Waals surface area contributed by atoms with Crippen molar-refractivity contribution in [3.63, 3.8) is 0 Å². The van der Waals surface area contributed by atoms with Crippen LogP contribution in [0.5, 0.6) is 0 Å². The van der Waals surface area contributed by atoms with Gasteiger partial charge in [0, 0.05) is 24.6 Å². The Labute approximate surface area is 155 Å². The predicted octanol–water partition coefficient (Wildman–Crippen LogP) is 6.94. The van der Waals surface area contributed by atoms with Crippen LogP contribution >= 0.6 is 0 Å². The molecule has 1 aliphatic rings. The van der Waals surface area contributed by atoms with Crippen LogP contribution in [0.4, 0.5) is 5.69 Å². The van der Waals surface area contributed by atoms with Crippen LogP contribution in [0.1, 0.15) is 84.5 Å². The Hall–Kier alpha value is -1.44. The topological polar surface area (TPSA) is 6.48 Å². The van der Waals surface area contributed by atoms with Crippen molar-refractivity contribution in [1.82, 2.24) is 4.90 Å². The largest absolute Gasteiger partial charge is 0.356 e. The lowest BCUT2D eigenvalue weighted by Gasteiger charge is -2.33. The Morgan fingerprint density at radius 1 is 0.720 bits per heavy atom. The van der Waals surface area contributed by atoms with Gasteiger partial charge in [0.1, 0.15) is 6.17 Å². The van der Waals surface area contributed by atoms with E-state index in [0.717, 1.165) is 0 Å². The summed E-state index contributed by atoms with van der Waals surface area (Å²) in [6.07, 6.45) is 20.0. The van der Waals surface area contributed by atoms with E-state index in [1.165, 1.54) is 82.9 Å². The summed E-state index contributed by atoms with van der Waals surface area (Å²) in [6.45, 7) is 5.77. The fourth-order valence-corrected chi connectivity index (χ4v) is 3.73. The summed E-state index contributed by atoms with van der Waals surface area (Å²) in [5.41, 5.74) is 1.32. The molecular weight excluding hydrogens is 304 g/mol. The molecule has 0 radical (unpaired) electrons. The van der Waals surface area contributed by atoms with Gasteiger partial charge in [0.2, 0.25) is 0 Å². The number of rotatable bonds is 13. The zero-order valence-electron chi connectivity index (χ0n) is 16.5. The molecule has 1 unspecified atom stereocenters. The van der Waals surface area contributed by atoms with Gasteiger partial charge in [0.25, 0.3) is 0 Å². The van der Waals surface area contributed by atoms with Crippen LogP contribution in [-0.2, 0) is 0 Å². The average Bonchev–Trinajstić information content (AvgIpc) is 3.05. The molecule has 0 saturated carbocycles. The molecule has 0 saturated heterocycles. The fourth-order valence-electron chi connectivity index (χ4n) is 3.73. The lowest BCUT2D eigenvalue weighted by Crippen LogP contribution is -2.39. The van der Waals surface area contributed by atoms with Crippen LogP contribution in [0.2, 0.25) is 0 Å². The second kappa shape index (κ2) is 12.0. The molecule has 0 bridgehead atoms. The Kier molecular flexibility index (Phi) is 9.54. The Balaban J connectivity index is 1.86. The molecule has 2 rings (SSSR count). The first kappa shape index (κ1) is 19.9. The summed E-state index contributed by atoms with van der Waals surface area (Å²) in [5.74, 6) is 0. The zero-order chi connectivity index (χ0) is 17.7. The molecule has 2 heteroatoms. The highest BCUT2D eigenvalue weighted by molar-refractivity contribution is 5.51. The highest BCUT2D eigenvalue weighted by atomic mass is 15.4. The minimum Gasteiger partial charge on any atom is -0.356 e. The van der Waals surface area contributed by atoms with Crippen LogP contribution in [-0.4, -0.2) is 17.6 Å². The Morgan fingerprint density at radius 2 is 1.36 bits per heavy atom. The van der Waals surface area contributed by atoms with Crippen LogP contribution in [0, 0.1) is 0 Å². The molecule has 1 aliphatic heterocycles. The molecule has 25 heavy (non-hydrogen) atoms. The van der Waals surface area contributed by atoms with E-state index in [-0.39, 0.29) is 0 Å². The smallest absolute Gasteiger partial charge is 0.105 e. The van der Waals surface area contributed by atoms with Gasteiger partial charge < -0.3 is 9.80 Å². The molecule has 0 spiro atoms. The van der Waals surface area contributed by atoms with Crippen LogP contribution in [0.3, 0.4) is 0 Å². The maximum atomic E-state index is 2.58. The van der Waals surface area contributed by atoms with Crippen molar-refractivity contribution in [3.8, 4) is 0 Å². The van der Waals surface area contributed by atoms with E-state index in [4.69, 9.17) is 0 Å². The van der Waals surface area contributed by atoms with E-state index in [9.17, 15) is 0 Å². The van der Waals surface area contributed by atoms with Gasteiger partial charge in [-0.2, -0.15) is 0 Å². The van der Waals surface area contributed by atoms with Gasteiger partial charge in [0.05, 0.1) is 0 Å². The lowest BCUT2D eigenvalue weighted by atomic mass is 10.1. The summed E-state index contributed by atoms with van der Waals surface area (Å²) >= 11 is 0. The minimum atomic E-state index is 0.509. The molecule has 1 aromatic carbocycles. The molecule has 0 amide bonds. The SMILES string of the molecule is CCCCCCCCC1N(CCCCCC)C=CN1c1ccccc1. The average molecular weight is 343 g/mol. The Bertz CT molecular complexity index is 468. The third kappa shape index (κ3) is 6.76. The maximum absolute atomic E-state index is 2.58. The van der Waals surface area contributed by atoms with E-state index in [1.54, 1.807) is 0 Å². The van der Waals surface area contributed by atoms with Crippen molar-refractivity contribution in [2.75, 3.05) is 11.4 Å². The van der Waals surface area contributed by atoms with Gasteiger partial charge in [-0.15, -0.1) is 0 Å². The quantitative estimate of drug-likeness (QED) is 0.358. The molecule has 2 nitrogen and oxygen atoms in total. The van der Waals surface area contributed by atoms with Crippen molar-refractivity contribution in [3.05, 3.63) is 42.7 Å². The number of hydrogen-bond acceptors (Lipinski definition) is 2.